The maximum absolute atomic E-state index is 11.8. The molecule has 2 nitrogen and oxygen atoms in total. The lowest BCUT2D eigenvalue weighted by atomic mass is 10.0. The van der Waals surface area contributed by atoms with E-state index in [1.54, 1.807) is 0 Å². The molecule has 82 valence electrons. The van der Waals surface area contributed by atoms with Crippen LogP contribution in [-0.2, 0) is 0 Å². The van der Waals surface area contributed by atoms with Crippen LogP contribution in [0.3, 0.4) is 0 Å². The van der Waals surface area contributed by atoms with E-state index >= 15 is 0 Å². The van der Waals surface area contributed by atoms with Crippen molar-refractivity contribution in [2.75, 3.05) is 6.61 Å². The van der Waals surface area contributed by atoms with E-state index in [2.05, 4.69) is 0 Å². The lowest BCUT2D eigenvalue weighted by Gasteiger charge is -2.06. The maximum Gasteiger partial charge on any atom is 0.163 e. The Kier molecular flexibility index (Phi) is 4.35. The molecule has 0 unspecified atom stereocenters. The first-order valence-corrected chi connectivity index (χ1v) is 5.39. The quantitative estimate of drug-likeness (QED) is 0.691. The van der Waals surface area contributed by atoms with Crippen molar-refractivity contribution in [1.82, 2.24) is 0 Å². The smallest absolute Gasteiger partial charge is 0.163 e. The van der Waals surface area contributed by atoms with Crippen molar-refractivity contribution in [1.29, 1.82) is 0 Å². The standard InChI is InChI=1S/C13H18O2/c1-4-15-12-7-5-6-11(9-12)13(14)8-10(2)3/h5-7,9-10H,4,8H2,1-3H3. The molecule has 0 aromatic heterocycles. The van der Waals surface area contributed by atoms with Gasteiger partial charge in [0.2, 0.25) is 0 Å². The number of Topliss-reactive ketones (excluding diaryl/α,β-unsaturated/α-hetero) is 1. The van der Waals surface area contributed by atoms with Gasteiger partial charge in [-0.25, -0.2) is 0 Å². The molecule has 0 aliphatic heterocycles. The molecule has 1 aromatic rings. The van der Waals surface area contributed by atoms with Gasteiger partial charge < -0.3 is 4.74 Å². The van der Waals surface area contributed by atoms with E-state index in [0.717, 1.165) is 11.3 Å². The summed E-state index contributed by atoms with van der Waals surface area (Å²) in [5.41, 5.74) is 0.745. The van der Waals surface area contributed by atoms with Crippen molar-refractivity contribution in [3.05, 3.63) is 29.8 Å². The third kappa shape index (κ3) is 3.74. The summed E-state index contributed by atoms with van der Waals surface area (Å²) in [5.74, 6) is 1.35. The van der Waals surface area contributed by atoms with Crippen LogP contribution in [0.15, 0.2) is 24.3 Å². The summed E-state index contributed by atoms with van der Waals surface area (Å²) >= 11 is 0. The predicted molar refractivity (Wildman–Crippen MR) is 61.4 cm³/mol. The number of carbonyl (C=O) groups excluding carboxylic acids is 1. The van der Waals surface area contributed by atoms with Crippen molar-refractivity contribution in [2.45, 2.75) is 27.2 Å². The highest BCUT2D eigenvalue weighted by molar-refractivity contribution is 5.96. The SMILES string of the molecule is CCOc1cccc(C(=O)CC(C)C)c1. The van der Waals surface area contributed by atoms with Crippen molar-refractivity contribution in [3.63, 3.8) is 0 Å². The van der Waals surface area contributed by atoms with E-state index in [4.69, 9.17) is 4.74 Å². The number of carbonyl (C=O) groups is 1. The highest BCUT2D eigenvalue weighted by Crippen LogP contribution is 2.16. The van der Waals surface area contributed by atoms with E-state index < -0.39 is 0 Å². The number of ether oxygens (including phenoxy) is 1. The molecule has 0 spiro atoms. The van der Waals surface area contributed by atoms with Crippen LogP contribution in [0.5, 0.6) is 5.75 Å². The average molecular weight is 206 g/mol. The molecule has 0 radical (unpaired) electrons. The van der Waals surface area contributed by atoms with Crippen LogP contribution in [0, 0.1) is 5.92 Å². The lowest BCUT2D eigenvalue weighted by Crippen LogP contribution is -2.03. The monoisotopic (exact) mass is 206 g/mol. The Labute approximate surface area is 91.3 Å². The summed E-state index contributed by atoms with van der Waals surface area (Å²) in [6.45, 7) is 6.65. The van der Waals surface area contributed by atoms with Crippen LogP contribution in [-0.4, -0.2) is 12.4 Å². The minimum Gasteiger partial charge on any atom is -0.494 e. The summed E-state index contributed by atoms with van der Waals surface area (Å²) in [6.07, 6.45) is 0.593. The van der Waals surface area contributed by atoms with Gasteiger partial charge in [-0.1, -0.05) is 26.0 Å². The molecular weight excluding hydrogens is 188 g/mol. The molecule has 15 heavy (non-hydrogen) atoms. The van der Waals surface area contributed by atoms with Gasteiger partial charge in [0.1, 0.15) is 5.75 Å². The molecule has 0 saturated carbocycles. The highest BCUT2D eigenvalue weighted by Gasteiger charge is 2.08. The minimum atomic E-state index is 0.187. The van der Waals surface area contributed by atoms with Crippen LogP contribution >= 0.6 is 0 Å². The fraction of sp³-hybridized carbons (Fsp3) is 0.462. The molecule has 2 heteroatoms. The van der Waals surface area contributed by atoms with Crippen LogP contribution in [0.2, 0.25) is 0 Å². The molecule has 0 heterocycles. The lowest BCUT2D eigenvalue weighted by molar-refractivity contribution is 0.0967. The molecule has 1 rings (SSSR count). The van der Waals surface area contributed by atoms with Gasteiger partial charge in [-0.2, -0.15) is 0 Å². The molecule has 0 saturated heterocycles. The molecule has 0 atom stereocenters. The van der Waals surface area contributed by atoms with Gasteiger partial charge in [-0.05, 0) is 25.0 Å². The first-order chi connectivity index (χ1) is 7.13. The minimum absolute atomic E-state index is 0.187. The molecule has 0 N–H and O–H groups in total. The number of ketones is 1. The Morgan fingerprint density at radius 3 is 2.73 bits per heavy atom. The second-order valence-corrected chi connectivity index (χ2v) is 3.98. The Bertz CT molecular complexity index is 329. The summed E-state index contributed by atoms with van der Waals surface area (Å²) in [7, 11) is 0. The van der Waals surface area contributed by atoms with E-state index in [0.29, 0.717) is 18.9 Å². The predicted octanol–water partition coefficient (Wildman–Crippen LogP) is 3.31. The summed E-state index contributed by atoms with van der Waals surface area (Å²) in [4.78, 5) is 11.8. The third-order valence-corrected chi connectivity index (χ3v) is 2.06. The molecule has 0 fully saturated rings. The van der Waals surface area contributed by atoms with Gasteiger partial charge >= 0.3 is 0 Å². The van der Waals surface area contributed by atoms with Gasteiger partial charge in [0, 0.05) is 12.0 Å². The van der Waals surface area contributed by atoms with E-state index in [1.165, 1.54) is 0 Å². The Morgan fingerprint density at radius 2 is 2.13 bits per heavy atom. The molecule has 0 bridgehead atoms. The summed E-state index contributed by atoms with van der Waals surface area (Å²) in [5, 5.41) is 0. The normalized spacial score (nSPS) is 10.4. The first-order valence-electron chi connectivity index (χ1n) is 5.39. The van der Waals surface area contributed by atoms with Crippen molar-refractivity contribution in [2.24, 2.45) is 5.92 Å². The number of hydrogen-bond donors (Lipinski definition) is 0. The number of rotatable bonds is 5. The van der Waals surface area contributed by atoms with Crippen LogP contribution < -0.4 is 4.74 Å². The first kappa shape index (κ1) is 11.8. The van der Waals surface area contributed by atoms with Gasteiger partial charge in [0.25, 0.3) is 0 Å². The topological polar surface area (TPSA) is 26.3 Å². The highest BCUT2D eigenvalue weighted by atomic mass is 16.5. The van der Waals surface area contributed by atoms with E-state index in [9.17, 15) is 4.79 Å². The van der Waals surface area contributed by atoms with Crippen molar-refractivity contribution in [3.8, 4) is 5.75 Å². The van der Waals surface area contributed by atoms with Gasteiger partial charge in [-0.3, -0.25) is 4.79 Å². The van der Waals surface area contributed by atoms with E-state index in [1.807, 2.05) is 45.0 Å². The zero-order valence-electron chi connectivity index (χ0n) is 9.62. The number of benzene rings is 1. The maximum atomic E-state index is 11.8. The Morgan fingerprint density at radius 1 is 1.40 bits per heavy atom. The molecule has 1 aromatic carbocycles. The third-order valence-electron chi connectivity index (χ3n) is 2.06. The molecule has 0 aliphatic carbocycles. The molecular formula is C13H18O2. The summed E-state index contributed by atoms with van der Waals surface area (Å²) < 4.78 is 5.35. The van der Waals surface area contributed by atoms with Gasteiger partial charge in [0.15, 0.2) is 5.78 Å². The van der Waals surface area contributed by atoms with Crippen LogP contribution in [0.4, 0.5) is 0 Å². The van der Waals surface area contributed by atoms with Crippen molar-refractivity contribution < 1.29 is 9.53 Å². The largest absolute Gasteiger partial charge is 0.494 e. The zero-order chi connectivity index (χ0) is 11.3. The second-order valence-electron chi connectivity index (χ2n) is 3.98. The fourth-order valence-electron chi connectivity index (χ4n) is 1.41. The molecule has 0 amide bonds. The van der Waals surface area contributed by atoms with Crippen molar-refractivity contribution >= 4 is 5.78 Å². The number of hydrogen-bond acceptors (Lipinski definition) is 2. The van der Waals surface area contributed by atoms with Gasteiger partial charge in [0.05, 0.1) is 6.61 Å². The fourth-order valence-corrected chi connectivity index (χ4v) is 1.41. The van der Waals surface area contributed by atoms with Gasteiger partial charge in [-0.15, -0.1) is 0 Å². The van der Waals surface area contributed by atoms with E-state index in [-0.39, 0.29) is 5.78 Å². The Hall–Kier alpha value is -1.31. The molecule has 0 aliphatic rings. The summed E-state index contributed by atoms with van der Waals surface area (Å²) in [6, 6.07) is 7.38. The van der Waals surface area contributed by atoms with Crippen LogP contribution in [0.1, 0.15) is 37.6 Å². The Balaban J connectivity index is 2.76. The second kappa shape index (κ2) is 5.54. The zero-order valence-corrected chi connectivity index (χ0v) is 9.62. The van der Waals surface area contributed by atoms with Crippen LogP contribution in [0.25, 0.3) is 0 Å². The average Bonchev–Trinajstić information content (AvgIpc) is 2.17.